The van der Waals surface area contributed by atoms with E-state index in [0.29, 0.717) is 6.04 Å². The molecule has 0 fully saturated rings. The molecular formula is C15H22N4. The molecule has 2 rings (SSSR count). The Morgan fingerprint density at radius 1 is 1.26 bits per heavy atom. The van der Waals surface area contributed by atoms with Gasteiger partial charge in [0.2, 0.25) is 5.95 Å². The minimum Gasteiger partial charge on any atom is -0.326 e. The molecule has 0 saturated heterocycles. The maximum Gasteiger partial charge on any atom is 0.207 e. The molecule has 4 nitrogen and oxygen atoms in total. The van der Waals surface area contributed by atoms with Crippen LogP contribution in [0.4, 0.5) is 11.6 Å². The molecular weight excluding hydrogens is 236 g/mol. The van der Waals surface area contributed by atoms with Crippen LogP contribution in [0, 0.1) is 0 Å². The predicted octanol–water partition coefficient (Wildman–Crippen LogP) is 2.97. The number of likely N-dealkylation sites (N-methyl/N-ethyl adjacent to an activating group) is 1. The molecule has 2 aromatic rings. The lowest BCUT2D eigenvalue weighted by molar-refractivity contribution is 0.263. The van der Waals surface area contributed by atoms with Gasteiger partial charge < -0.3 is 14.8 Å². The average molecular weight is 258 g/mol. The zero-order valence-corrected chi connectivity index (χ0v) is 11.9. The van der Waals surface area contributed by atoms with E-state index in [2.05, 4.69) is 40.7 Å². The molecule has 1 N–H and O–H groups in total. The summed E-state index contributed by atoms with van der Waals surface area (Å²) in [6.45, 7) is 6.36. The summed E-state index contributed by atoms with van der Waals surface area (Å²) in [4.78, 5) is 6.69. The third kappa shape index (κ3) is 3.83. The van der Waals surface area contributed by atoms with Crippen molar-refractivity contribution in [2.75, 3.05) is 18.9 Å². The van der Waals surface area contributed by atoms with Gasteiger partial charge in [-0.1, -0.05) is 18.2 Å². The van der Waals surface area contributed by atoms with Crippen molar-refractivity contribution in [1.29, 1.82) is 0 Å². The van der Waals surface area contributed by atoms with Crippen molar-refractivity contribution in [3.63, 3.8) is 0 Å². The SMILES string of the molecule is CC(C)N(C)CCn1ccnc1Nc1ccccc1. The molecule has 0 amide bonds. The van der Waals surface area contributed by atoms with Gasteiger partial charge in [-0.15, -0.1) is 0 Å². The Kier molecular flexibility index (Phi) is 4.58. The maximum atomic E-state index is 4.37. The molecule has 0 aliphatic rings. The number of nitrogens with one attached hydrogen (secondary N) is 1. The fourth-order valence-electron chi connectivity index (χ4n) is 1.79. The number of para-hydroxylation sites is 1. The standard InChI is InChI=1S/C15H22N4/c1-13(2)18(3)11-12-19-10-9-16-15(19)17-14-7-5-4-6-8-14/h4-10,13H,11-12H2,1-3H3,(H,16,17). The molecule has 0 atom stereocenters. The maximum absolute atomic E-state index is 4.37. The zero-order chi connectivity index (χ0) is 13.7. The van der Waals surface area contributed by atoms with E-state index in [4.69, 9.17) is 0 Å². The Morgan fingerprint density at radius 2 is 2.00 bits per heavy atom. The second-order valence-corrected chi connectivity index (χ2v) is 5.01. The van der Waals surface area contributed by atoms with E-state index in [0.717, 1.165) is 24.7 Å². The van der Waals surface area contributed by atoms with Gasteiger partial charge in [0.25, 0.3) is 0 Å². The van der Waals surface area contributed by atoms with Crippen LogP contribution < -0.4 is 5.32 Å². The number of hydrogen-bond donors (Lipinski definition) is 1. The van der Waals surface area contributed by atoms with Crippen molar-refractivity contribution in [3.8, 4) is 0 Å². The third-order valence-corrected chi connectivity index (χ3v) is 3.32. The molecule has 0 saturated carbocycles. The molecule has 1 aromatic carbocycles. The molecule has 102 valence electrons. The van der Waals surface area contributed by atoms with Gasteiger partial charge in [-0.3, -0.25) is 0 Å². The summed E-state index contributed by atoms with van der Waals surface area (Å²) in [5.74, 6) is 0.892. The highest BCUT2D eigenvalue weighted by molar-refractivity contribution is 5.52. The van der Waals surface area contributed by atoms with Crippen LogP contribution in [0.2, 0.25) is 0 Å². The van der Waals surface area contributed by atoms with E-state index in [9.17, 15) is 0 Å². The first-order chi connectivity index (χ1) is 9.16. The van der Waals surface area contributed by atoms with Crippen LogP contribution in [-0.2, 0) is 6.54 Å². The number of anilines is 2. The Labute approximate surface area is 115 Å². The van der Waals surface area contributed by atoms with Gasteiger partial charge in [-0.25, -0.2) is 4.98 Å². The van der Waals surface area contributed by atoms with Crippen LogP contribution in [0.1, 0.15) is 13.8 Å². The zero-order valence-electron chi connectivity index (χ0n) is 11.9. The van der Waals surface area contributed by atoms with Gasteiger partial charge in [0, 0.05) is 37.2 Å². The minimum atomic E-state index is 0.564. The molecule has 0 unspecified atom stereocenters. The Bertz CT molecular complexity index is 490. The first-order valence-corrected chi connectivity index (χ1v) is 6.70. The van der Waals surface area contributed by atoms with Crippen LogP contribution in [-0.4, -0.2) is 34.1 Å². The summed E-state index contributed by atoms with van der Waals surface area (Å²) < 4.78 is 2.14. The minimum absolute atomic E-state index is 0.564. The van der Waals surface area contributed by atoms with Crippen LogP contribution in [0.5, 0.6) is 0 Å². The summed E-state index contributed by atoms with van der Waals surface area (Å²) in [5, 5.41) is 3.34. The molecule has 1 aromatic heterocycles. The number of aromatic nitrogens is 2. The number of rotatable bonds is 6. The summed E-state index contributed by atoms with van der Waals surface area (Å²) in [6.07, 6.45) is 3.85. The number of imidazole rings is 1. The molecule has 1 heterocycles. The van der Waals surface area contributed by atoms with Crippen LogP contribution in [0.3, 0.4) is 0 Å². The summed E-state index contributed by atoms with van der Waals surface area (Å²) in [6, 6.07) is 10.7. The van der Waals surface area contributed by atoms with E-state index >= 15 is 0 Å². The average Bonchev–Trinajstić information content (AvgIpc) is 2.84. The van der Waals surface area contributed by atoms with Crippen LogP contribution in [0.15, 0.2) is 42.7 Å². The third-order valence-electron chi connectivity index (χ3n) is 3.32. The quantitative estimate of drug-likeness (QED) is 0.864. The fraction of sp³-hybridized carbons (Fsp3) is 0.400. The highest BCUT2D eigenvalue weighted by Crippen LogP contribution is 2.14. The first kappa shape index (κ1) is 13.6. The van der Waals surface area contributed by atoms with Crippen molar-refractivity contribution in [2.24, 2.45) is 0 Å². The molecule has 0 bridgehead atoms. The lowest BCUT2D eigenvalue weighted by Gasteiger charge is -2.21. The van der Waals surface area contributed by atoms with Crippen LogP contribution in [0.25, 0.3) is 0 Å². The Balaban J connectivity index is 1.98. The normalized spacial score (nSPS) is 11.2. The lowest BCUT2D eigenvalue weighted by Crippen LogP contribution is -2.29. The second-order valence-electron chi connectivity index (χ2n) is 5.01. The lowest BCUT2D eigenvalue weighted by atomic mass is 10.3. The van der Waals surface area contributed by atoms with E-state index in [1.54, 1.807) is 0 Å². The number of hydrogen-bond acceptors (Lipinski definition) is 3. The van der Waals surface area contributed by atoms with E-state index in [-0.39, 0.29) is 0 Å². The number of nitrogens with zero attached hydrogens (tertiary/aromatic N) is 3. The summed E-state index contributed by atoms with van der Waals surface area (Å²) >= 11 is 0. The van der Waals surface area contributed by atoms with Gasteiger partial charge >= 0.3 is 0 Å². The van der Waals surface area contributed by atoms with Crippen LogP contribution >= 0.6 is 0 Å². The largest absolute Gasteiger partial charge is 0.326 e. The van der Waals surface area contributed by atoms with Crippen molar-refractivity contribution >= 4 is 11.6 Å². The van der Waals surface area contributed by atoms with E-state index < -0.39 is 0 Å². The number of benzene rings is 1. The van der Waals surface area contributed by atoms with Crippen molar-refractivity contribution in [1.82, 2.24) is 14.5 Å². The monoisotopic (exact) mass is 258 g/mol. The van der Waals surface area contributed by atoms with Gasteiger partial charge in [-0.05, 0) is 33.0 Å². The van der Waals surface area contributed by atoms with Gasteiger partial charge in [0.1, 0.15) is 0 Å². The van der Waals surface area contributed by atoms with E-state index in [1.807, 2.05) is 42.7 Å². The Hall–Kier alpha value is -1.81. The summed E-state index contributed by atoms with van der Waals surface area (Å²) in [5.41, 5.74) is 1.06. The summed E-state index contributed by atoms with van der Waals surface area (Å²) in [7, 11) is 2.14. The van der Waals surface area contributed by atoms with Gasteiger partial charge in [-0.2, -0.15) is 0 Å². The van der Waals surface area contributed by atoms with Gasteiger partial charge in [0.15, 0.2) is 0 Å². The highest BCUT2D eigenvalue weighted by atomic mass is 15.2. The molecule has 4 heteroatoms. The smallest absolute Gasteiger partial charge is 0.207 e. The molecule has 19 heavy (non-hydrogen) atoms. The molecule has 0 spiro atoms. The van der Waals surface area contributed by atoms with E-state index in [1.165, 1.54) is 0 Å². The fourth-order valence-corrected chi connectivity index (χ4v) is 1.79. The molecule has 0 aliphatic carbocycles. The molecule has 0 radical (unpaired) electrons. The highest BCUT2D eigenvalue weighted by Gasteiger charge is 2.06. The van der Waals surface area contributed by atoms with Crippen molar-refractivity contribution in [3.05, 3.63) is 42.7 Å². The molecule has 0 aliphatic heterocycles. The first-order valence-electron chi connectivity index (χ1n) is 6.70. The van der Waals surface area contributed by atoms with Gasteiger partial charge in [0.05, 0.1) is 0 Å². The topological polar surface area (TPSA) is 33.1 Å². The van der Waals surface area contributed by atoms with Crippen molar-refractivity contribution in [2.45, 2.75) is 26.4 Å². The Morgan fingerprint density at radius 3 is 2.68 bits per heavy atom. The van der Waals surface area contributed by atoms with Crippen molar-refractivity contribution < 1.29 is 0 Å². The predicted molar refractivity (Wildman–Crippen MR) is 79.7 cm³/mol. The second kappa shape index (κ2) is 6.38.